The number of imidazole rings is 1. The molecule has 0 N–H and O–H groups in total. The lowest BCUT2D eigenvalue weighted by Crippen LogP contribution is -1.94. The first-order valence-corrected chi connectivity index (χ1v) is 5.86. The second kappa shape index (κ2) is 4.78. The Balaban J connectivity index is 1.90. The van der Waals surface area contributed by atoms with Gasteiger partial charge in [-0.3, -0.25) is 4.40 Å². The van der Waals surface area contributed by atoms with Crippen LogP contribution < -0.4 is 4.74 Å². The average molecular weight is 309 g/mol. The van der Waals surface area contributed by atoms with Crippen molar-refractivity contribution in [3.05, 3.63) is 59.0 Å². The van der Waals surface area contributed by atoms with Crippen LogP contribution in [-0.4, -0.2) is 14.4 Å². The maximum Gasteiger partial charge on any atom is 0.234 e. The van der Waals surface area contributed by atoms with Crippen LogP contribution in [0.1, 0.15) is 12.5 Å². The van der Waals surface area contributed by atoms with Crippen molar-refractivity contribution in [1.82, 2.24) is 14.4 Å². The number of para-hydroxylation sites is 1. The molecule has 0 amide bonds. The number of halogens is 1. The van der Waals surface area contributed by atoms with E-state index in [1.165, 1.54) is 0 Å². The lowest BCUT2D eigenvalue weighted by molar-refractivity contribution is 0.302. The van der Waals surface area contributed by atoms with E-state index in [1.807, 2.05) is 0 Å². The summed E-state index contributed by atoms with van der Waals surface area (Å²) < 4.78 is 46.3. The lowest BCUT2D eigenvalue weighted by Gasteiger charge is -2.02. The minimum Gasteiger partial charge on any atom is -0.487 e. The highest BCUT2D eigenvalue weighted by Crippen LogP contribution is 2.13. The van der Waals surface area contributed by atoms with E-state index in [-0.39, 0.29) is 24.4 Å². The van der Waals surface area contributed by atoms with Gasteiger partial charge in [0.15, 0.2) is 0 Å². The van der Waals surface area contributed by atoms with Crippen molar-refractivity contribution in [3.8, 4) is 5.75 Å². The molecule has 1 aromatic carbocycles. The molecule has 0 saturated carbocycles. The molecule has 2 aromatic heterocycles. The second-order valence-corrected chi connectivity index (χ2v) is 4.37. The van der Waals surface area contributed by atoms with Crippen molar-refractivity contribution in [2.75, 3.05) is 0 Å². The van der Waals surface area contributed by atoms with Crippen molar-refractivity contribution in [3.63, 3.8) is 0 Å². The standard InChI is InChI=1S/C13H10BrN3O/c14-10-6-15-13-16-11(8-17(13)7-10)9-18-12-4-2-1-3-5-12/h1-8H,9H2/i1D,2D,3D,4D,5D. The number of hydrogen-bond donors (Lipinski definition) is 0. The first-order valence-electron chi connectivity index (χ1n) is 7.57. The predicted octanol–water partition coefficient (Wildman–Crippen LogP) is 3.07. The molecule has 0 atom stereocenters. The van der Waals surface area contributed by atoms with Gasteiger partial charge < -0.3 is 4.74 Å². The molecule has 90 valence electrons. The number of nitrogens with zero attached hydrogens (tertiary/aromatic N) is 3. The first-order chi connectivity index (χ1) is 10.9. The van der Waals surface area contributed by atoms with Crippen molar-refractivity contribution < 1.29 is 11.6 Å². The van der Waals surface area contributed by atoms with Gasteiger partial charge in [0.1, 0.15) is 12.4 Å². The quantitative estimate of drug-likeness (QED) is 0.746. The SMILES string of the molecule is [2H]c1c([2H])c([2H])c(OCc2cn3cc(Br)cnc3n2)c([2H])c1[2H]. The second-order valence-electron chi connectivity index (χ2n) is 3.45. The van der Waals surface area contributed by atoms with Crippen molar-refractivity contribution in [2.45, 2.75) is 6.61 Å². The Morgan fingerprint density at radius 2 is 2.11 bits per heavy atom. The zero-order valence-corrected chi connectivity index (χ0v) is 10.7. The van der Waals surface area contributed by atoms with Crippen molar-refractivity contribution in [1.29, 1.82) is 0 Å². The summed E-state index contributed by atoms with van der Waals surface area (Å²) in [6, 6.07) is -2.06. The van der Waals surface area contributed by atoms with Crippen LogP contribution in [0.15, 0.2) is 53.3 Å². The third kappa shape index (κ3) is 2.36. The third-order valence-electron chi connectivity index (χ3n) is 2.17. The average Bonchev–Trinajstić information content (AvgIpc) is 2.93. The van der Waals surface area contributed by atoms with Crippen molar-refractivity contribution in [2.24, 2.45) is 0 Å². The van der Waals surface area contributed by atoms with Crippen LogP contribution in [0.4, 0.5) is 0 Å². The van der Waals surface area contributed by atoms with E-state index in [0.29, 0.717) is 11.5 Å². The van der Waals surface area contributed by atoms with Crippen LogP contribution in [-0.2, 0) is 6.61 Å². The van der Waals surface area contributed by atoms with Crippen LogP contribution in [0.3, 0.4) is 0 Å². The summed E-state index contributed by atoms with van der Waals surface area (Å²) in [5, 5.41) is 0. The molecular formula is C13H10BrN3O. The monoisotopic (exact) mass is 308 g/mol. The molecule has 0 aliphatic heterocycles. The highest BCUT2D eigenvalue weighted by molar-refractivity contribution is 9.10. The summed E-state index contributed by atoms with van der Waals surface area (Å²) in [5.74, 6) is 0.287. The van der Waals surface area contributed by atoms with Gasteiger partial charge in [-0.1, -0.05) is 18.1 Å². The topological polar surface area (TPSA) is 39.4 Å². The van der Waals surface area contributed by atoms with Crippen LogP contribution in [0.25, 0.3) is 5.78 Å². The van der Waals surface area contributed by atoms with Crippen LogP contribution in [0.5, 0.6) is 5.75 Å². The Morgan fingerprint density at radius 1 is 1.28 bits per heavy atom. The number of aromatic nitrogens is 3. The van der Waals surface area contributed by atoms with E-state index in [9.17, 15) is 0 Å². The van der Waals surface area contributed by atoms with Gasteiger partial charge in [-0.15, -0.1) is 0 Å². The van der Waals surface area contributed by atoms with Gasteiger partial charge in [-0.05, 0) is 28.0 Å². The molecule has 3 rings (SSSR count). The van der Waals surface area contributed by atoms with Gasteiger partial charge in [0.2, 0.25) is 5.78 Å². The van der Waals surface area contributed by atoms with Crippen LogP contribution >= 0.6 is 15.9 Å². The van der Waals surface area contributed by atoms with Gasteiger partial charge in [-0.2, -0.15) is 0 Å². The minimum absolute atomic E-state index is 0.0328. The molecule has 18 heavy (non-hydrogen) atoms. The molecule has 4 nitrogen and oxygen atoms in total. The highest BCUT2D eigenvalue weighted by Gasteiger charge is 2.03. The minimum atomic E-state index is -0.450. The van der Waals surface area contributed by atoms with E-state index in [4.69, 9.17) is 11.6 Å². The van der Waals surface area contributed by atoms with Gasteiger partial charge in [-0.25, -0.2) is 9.97 Å². The number of benzene rings is 1. The summed E-state index contributed by atoms with van der Waals surface area (Å²) in [4.78, 5) is 8.37. The zero-order chi connectivity index (χ0) is 16.7. The lowest BCUT2D eigenvalue weighted by atomic mass is 10.3. The van der Waals surface area contributed by atoms with E-state index < -0.39 is 18.1 Å². The maximum absolute atomic E-state index is 7.80. The van der Waals surface area contributed by atoms with E-state index in [1.54, 1.807) is 23.0 Å². The molecule has 0 aliphatic rings. The van der Waals surface area contributed by atoms with Gasteiger partial charge in [0.05, 0.1) is 17.0 Å². The predicted molar refractivity (Wildman–Crippen MR) is 71.5 cm³/mol. The molecule has 0 bridgehead atoms. The van der Waals surface area contributed by atoms with Gasteiger partial charge >= 0.3 is 0 Å². The van der Waals surface area contributed by atoms with Gasteiger partial charge in [0.25, 0.3) is 0 Å². The number of rotatable bonds is 3. The van der Waals surface area contributed by atoms with E-state index in [0.717, 1.165) is 4.47 Å². The fourth-order valence-electron chi connectivity index (χ4n) is 1.44. The molecule has 0 saturated heterocycles. The zero-order valence-electron chi connectivity index (χ0n) is 14.1. The maximum atomic E-state index is 7.80. The first kappa shape index (κ1) is 6.89. The Morgan fingerprint density at radius 3 is 2.94 bits per heavy atom. The van der Waals surface area contributed by atoms with E-state index in [2.05, 4.69) is 25.9 Å². The molecular weight excluding hydrogens is 294 g/mol. The summed E-state index contributed by atoms with van der Waals surface area (Å²) in [6.45, 7) is -0.0328. The Bertz CT molecular complexity index is 885. The molecule has 0 fully saturated rings. The van der Waals surface area contributed by atoms with Gasteiger partial charge in [0, 0.05) is 18.6 Å². The number of fused-ring (bicyclic) bond motifs is 1. The summed E-state index contributed by atoms with van der Waals surface area (Å²) in [7, 11) is 0. The molecule has 5 heteroatoms. The highest BCUT2D eigenvalue weighted by atomic mass is 79.9. The normalized spacial score (nSPS) is 14.6. The van der Waals surface area contributed by atoms with Crippen LogP contribution in [0.2, 0.25) is 0 Å². The number of hydrogen-bond acceptors (Lipinski definition) is 3. The largest absolute Gasteiger partial charge is 0.487 e. The smallest absolute Gasteiger partial charge is 0.234 e. The molecule has 2 heterocycles. The summed E-state index contributed by atoms with van der Waals surface area (Å²) in [5.41, 5.74) is 0.530. The summed E-state index contributed by atoms with van der Waals surface area (Å²) >= 11 is 3.31. The molecule has 0 spiro atoms. The third-order valence-corrected chi connectivity index (χ3v) is 2.58. The molecule has 3 aromatic rings. The van der Waals surface area contributed by atoms with Crippen molar-refractivity contribution >= 4 is 21.7 Å². The Hall–Kier alpha value is -1.88. The van der Waals surface area contributed by atoms with E-state index >= 15 is 0 Å². The van der Waals surface area contributed by atoms with Crippen LogP contribution in [0, 0.1) is 0 Å². The molecule has 0 radical (unpaired) electrons. The summed E-state index contributed by atoms with van der Waals surface area (Å²) in [6.07, 6.45) is 5.09. The fourth-order valence-corrected chi connectivity index (χ4v) is 1.76. The Kier molecular flexibility index (Phi) is 1.83. The molecule has 0 unspecified atom stereocenters. The fraction of sp³-hybridized carbons (Fsp3) is 0.0769. The Labute approximate surface area is 119 Å². The molecule has 0 aliphatic carbocycles. The number of ether oxygens (including phenoxy) is 1.